The molecule has 2 aliphatic carbocycles. The SMILES string of the molecule is Cc1cc(N)nc(CSc2nnc(C3CC3)n2C2CC2)n1. The molecular weight excluding hydrogens is 284 g/mol. The maximum absolute atomic E-state index is 5.78. The predicted octanol–water partition coefficient (Wildman–Crippen LogP) is 2.46. The van der Waals surface area contributed by atoms with Crippen molar-refractivity contribution in [3.8, 4) is 0 Å². The van der Waals surface area contributed by atoms with Crippen LogP contribution in [0.4, 0.5) is 5.82 Å². The van der Waals surface area contributed by atoms with E-state index in [1.807, 2.05) is 6.92 Å². The van der Waals surface area contributed by atoms with Gasteiger partial charge in [-0.1, -0.05) is 11.8 Å². The van der Waals surface area contributed by atoms with E-state index in [0.29, 0.717) is 23.5 Å². The van der Waals surface area contributed by atoms with Crippen molar-refractivity contribution in [2.45, 2.75) is 55.5 Å². The van der Waals surface area contributed by atoms with Crippen LogP contribution in [0.2, 0.25) is 0 Å². The second-order valence-corrected chi connectivity index (χ2v) is 6.80. The van der Waals surface area contributed by atoms with E-state index in [1.54, 1.807) is 17.8 Å². The molecular formula is C14H18N6S. The van der Waals surface area contributed by atoms with Gasteiger partial charge in [0.2, 0.25) is 0 Å². The van der Waals surface area contributed by atoms with Crippen molar-refractivity contribution < 1.29 is 0 Å². The Labute approximate surface area is 127 Å². The molecule has 0 unspecified atom stereocenters. The average Bonchev–Trinajstić information content (AvgIpc) is 3.34. The molecule has 0 saturated heterocycles. The first-order valence-electron chi connectivity index (χ1n) is 7.38. The molecule has 2 saturated carbocycles. The normalized spacial score (nSPS) is 18.1. The third kappa shape index (κ3) is 2.74. The molecule has 0 aromatic carbocycles. The monoisotopic (exact) mass is 302 g/mol. The van der Waals surface area contributed by atoms with Crippen molar-refractivity contribution in [2.24, 2.45) is 0 Å². The van der Waals surface area contributed by atoms with Crippen molar-refractivity contribution in [3.05, 3.63) is 23.4 Å². The summed E-state index contributed by atoms with van der Waals surface area (Å²) in [5.41, 5.74) is 6.68. The van der Waals surface area contributed by atoms with Crippen molar-refractivity contribution in [1.29, 1.82) is 0 Å². The van der Waals surface area contributed by atoms with E-state index < -0.39 is 0 Å². The van der Waals surface area contributed by atoms with Crippen LogP contribution in [0, 0.1) is 6.92 Å². The molecule has 7 heteroatoms. The number of anilines is 1. The number of aromatic nitrogens is 5. The van der Waals surface area contributed by atoms with Crippen LogP contribution in [0.15, 0.2) is 11.2 Å². The molecule has 0 bridgehead atoms. The smallest absolute Gasteiger partial charge is 0.191 e. The van der Waals surface area contributed by atoms with Gasteiger partial charge < -0.3 is 10.3 Å². The minimum Gasteiger partial charge on any atom is -0.384 e. The fourth-order valence-corrected chi connectivity index (χ4v) is 3.40. The number of rotatable bonds is 5. The number of nitrogen functional groups attached to an aromatic ring is 1. The summed E-state index contributed by atoms with van der Waals surface area (Å²) in [5.74, 6) is 3.79. The Kier molecular flexibility index (Phi) is 3.10. The molecule has 110 valence electrons. The Hall–Kier alpha value is -1.63. The third-order valence-corrected chi connectivity index (χ3v) is 4.74. The second-order valence-electron chi connectivity index (χ2n) is 5.86. The molecule has 0 radical (unpaired) electrons. The molecule has 6 nitrogen and oxygen atoms in total. The Bertz CT molecular complexity index is 654. The highest BCUT2D eigenvalue weighted by atomic mass is 32.2. The zero-order chi connectivity index (χ0) is 14.4. The number of nitrogens with two attached hydrogens (primary N) is 1. The predicted molar refractivity (Wildman–Crippen MR) is 81.0 cm³/mol. The zero-order valence-corrected chi connectivity index (χ0v) is 12.8. The van der Waals surface area contributed by atoms with Crippen LogP contribution in [-0.4, -0.2) is 24.7 Å². The van der Waals surface area contributed by atoms with E-state index in [0.717, 1.165) is 16.7 Å². The Morgan fingerprint density at radius 3 is 2.71 bits per heavy atom. The summed E-state index contributed by atoms with van der Waals surface area (Å²) < 4.78 is 2.35. The maximum atomic E-state index is 5.78. The molecule has 2 aromatic heterocycles. The van der Waals surface area contributed by atoms with Gasteiger partial charge in [-0.3, -0.25) is 0 Å². The largest absolute Gasteiger partial charge is 0.384 e. The Morgan fingerprint density at radius 2 is 2.05 bits per heavy atom. The van der Waals surface area contributed by atoms with Gasteiger partial charge in [0.15, 0.2) is 5.16 Å². The highest BCUT2D eigenvalue weighted by molar-refractivity contribution is 7.98. The molecule has 2 aliphatic rings. The van der Waals surface area contributed by atoms with Crippen molar-refractivity contribution in [3.63, 3.8) is 0 Å². The molecule has 2 fully saturated rings. The molecule has 0 amide bonds. The lowest BCUT2D eigenvalue weighted by atomic mass is 10.4. The van der Waals surface area contributed by atoms with Crippen LogP contribution in [-0.2, 0) is 5.75 Å². The highest BCUT2D eigenvalue weighted by Gasteiger charge is 2.36. The fraction of sp³-hybridized carbons (Fsp3) is 0.571. The highest BCUT2D eigenvalue weighted by Crippen LogP contribution is 2.46. The lowest BCUT2D eigenvalue weighted by molar-refractivity contribution is 0.626. The van der Waals surface area contributed by atoms with Crippen LogP contribution >= 0.6 is 11.8 Å². The molecule has 2 heterocycles. The molecule has 0 atom stereocenters. The Morgan fingerprint density at radius 1 is 1.24 bits per heavy atom. The van der Waals surface area contributed by atoms with Crippen molar-refractivity contribution in [1.82, 2.24) is 24.7 Å². The molecule has 4 rings (SSSR count). The molecule has 2 aromatic rings. The van der Waals surface area contributed by atoms with Gasteiger partial charge in [-0.25, -0.2) is 9.97 Å². The van der Waals surface area contributed by atoms with Crippen molar-refractivity contribution in [2.75, 3.05) is 5.73 Å². The molecule has 0 spiro atoms. The molecule has 2 N–H and O–H groups in total. The van der Waals surface area contributed by atoms with Gasteiger partial charge in [-0.05, 0) is 32.6 Å². The summed E-state index contributed by atoms with van der Waals surface area (Å²) in [5, 5.41) is 9.80. The van der Waals surface area contributed by atoms with Gasteiger partial charge in [0.25, 0.3) is 0 Å². The van der Waals surface area contributed by atoms with Gasteiger partial charge in [0, 0.05) is 23.7 Å². The summed E-state index contributed by atoms with van der Waals surface area (Å²) >= 11 is 1.66. The van der Waals surface area contributed by atoms with Gasteiger partial charge in [-0.2, -0.15) is 0 Å². The van der Waals surface area contributed by atoms with Gasteiger partial charge in [0.05, 0.1) is 5.75 Å². The molecule has 0 aliphatic heterocycles. The van der Waals surface area contributed by atoms with E-state index >= 15 is 0 Å². The average molecular weight is 302 g/mol. The Balaban J connectivity index is 1.54. The topological polar surface area (TPSA) is 82.5 Å². The lowest BCUT2D eigenvalue weighted by Gasteiger charge is -2.08. The van der Waals surface area contributed by atoms with E-state index in [-0.39, 0.29) is 0 Å². The van der Waals surface area contributed by atoms with Gasteiger partial charge in [-0.15, -0.1) is 10.2 Å². The van der Waals surface area contributed by atoms with Crippen LogP contribution in [0.5, 0.6) is 0 Å². The van der Waals surface area contributed by atoms with Crippen LogP contribution in [0.25, 0.3) is 0 Å². The second kappa shape index (κ2) is 4.98. The first kappa shape index (κ1) is 13.1. The minimum absolute atomic E-state index is 0.528. The quantitative estimate of drug-likeness (QED) is 0.854. The number of nitrogens with zero attached hydrogens (tertiary/aromatic N) is 5. The summed E-state index contributed by atoms with van der Waals surface area (Å²) in [4.78, 5) is 8.71. The lowest BCUT2D eigenvalue weighted by Crippen LogP contribution is -2.03. The number of thioether (sulfide) groups is 1. The first-order chi connectivity index (χ1) is 10.2. The summed E-state index contributed by atoms with van der Waals surface area (Å²) in [6, 6.07) is 2.40. The van der Waals surface area contributed by atoms with Crippen LogP contribution < -0.4 is 5.73 Å². The standard InChI is InChI=1S/C14H18N6S/c1-8-6-11(15)17-12(16-8)7-21-14-19-18-13(9-2-3-9)20(14)10-4-5-10/h6,9-10H,2-5,7H2,1H3,(H2,15,16,17). The van der Waals surface area contributed by atoms with Crippen molar-refractivity contribution >= 4 is 17.6 Å². The van der Waals surface area contributed by atoms with Gasteiger partial charge >= 0.3 is 0 Å². The van der Waals surface area contributed by atoms with Gasteiger partial charge in [0.1, 0.15) is 17.5 Å². The minimum atomic E-state index is 0.528. The van der Waals surface area contributed by atoms with E-state index in [9.17, 15) is 0 Å². The maximum Gasteiger partial charge on any atom is 0.191 e. The number of aryl methyl sites for hydroxylation is 1. The zero-order valence-electron chi connectivity index (χ0n) is 12.0. The summed E-state index contributed by atoms with van der Waals surface area (Å²) in [6.45, 7) is 1.93. The first-order valence-corrected chi connectivity index (χ1v) is 8.37. The number of hydrogen-bond acceptors (Lipinski definition) is 6. The fourth-order valence-electron chi connectivity index (χ4n) is 2.53. The van der Waals surface area contributed by atoms with E-state index in [1.165, 1.54) is 31.5 Å². The summed E-state index contributed by atoms with van der Waals surface area (Å²) in [6.07, 6.45) is 5.01. The third-order valence-electron chi connectivity index (χ3n) is 3.80. The number of hydrogen-bond donors (Lipinski definition) is 1. The summed E-state index contributed by atoms with van der Waals surface area (Å²) in [7, 11) is 0. The van der Waals surface area contributed by atoms with E-state index in [4.69, 9.17) is 5.73 Å². The van der Waals surface area contributed by atoms with Crippen LogP contribution in [0.1, 0.15) is 55.0 Å². The van der Waals surface area contributed by atoms with Crippen LogP contribution in [0.3, 0.4) is 0 Å². The van der Waals surface area contributed by atoms with E-state index in [2.05, 4.69) is 24.7 Å². The molecule has 21 heavy (non-hydrogen) atoms.